The molecule has 0 spiro atoms. The summed E-state index contributed by atoms with van der Waals surface area (Å²) >= 11 is 0. The highest BCUT2D eigenvalue weighted by Crippen LogP contribution is 2.38. The standard InChI is InChI=1S/C16H28N2O2/c1-12(13-5-6-13)11-16(20)18-9-7-17(8-10-18)14-3-2-4-15(14)19/h12-15,19H,2-11H2,1H3/t12-,14+,15+/m1/s1. The lowest BCUT2D eigenvalue weighted by Gasteiger charge is -2.39. The number of amides is 1. The number of nitrogens with zero attached hydrogens (tertiary/aromatic N) is 2. The summed E-state index contributed by atoms with van der Waals surface area (Å²) in [6.07, 6.45) is 6.44. The van der Waals surface area contributed by atoms with Crippen molar-refractivity contribution >= 4 is 5.91 Å². The van der Waals surface area contributed by atoms with Gasteiger partial charge in [0, 0.05) is 38.6 Å². The predicted octanol–water partition coefficient (Wildman–Crippen LogP) is 1.48. The number of rotatable bonds is 4. The van der Waals surface area contributed by atoms with E-state index in [1.807, 2.05) is 4.90 Å². The van der Waals surface area contributed by atoms with Gasteiger partial charge in [-0.05, 0) is 43.9 Å². The molecule has 1 N–H and O–H groups in total. The Balaban J connectivity index is 1.44. The SMILES string of the molecule is C[C@H](CC(=O)N1CCN([C@H]2CCC[C@@H]2O)CC1)C1CC1. The summed E-state index contributed by atoms with van der Waals surface area (Å²) in [4.78, 5) is 16.7. The van der Waals surface area contributed by atoms with Crippen molar-refractivity contribution in [3.8, 4) is 0 Å². The van der Waals surface area contributed by atoms with Crippen LogP contribution in [0.5, 0.6) is 0 Å². The minimum absolute atomic E-state index is 0.146. The molecule has 1 amide bonds. The molecular weight excluding hydrogens is 252 g/mol. The molecule has 1 heterocycles. The largest absolute Gasteiger partial charge is 0.391 e. The lowest BCUT2D eigenvalue weighted by molar-refractivity contribution is -0.134. The molecular formula is C16H28N2O2. The highest BCUT2D eigenvalue weighted by Gasteiger charge is 2.34. The first-order valence-electron chi connectivity index (χ1n) is 8.35. The molecule has 2 aliphatic carbocycles. The molecule has 4 heteroatoms. The van der Waals surface area contributed by atoms with Crippen molar-refractivity contribution in [2.75, 3.05) is 26.2 Å². The Morgan fingerprint density at radius 3 is 2.40 bits per heavy atom. The van der Waals surface area contributed by atoms with Gasteiger partial charge in [0.15, 0.2) is 0 Å². The lowest BCUT2D eigenvalue weighted by atomic mass is 10.0. The van der Waals surface area contributed by atoms with Crippen LogP contribution in [-0.2, 0) is 4.79 Å². The van der Waals surface area contributed by atoms with E-state index in [2.05, 4.69) is 11.8 Å². The van der Waals surface area contributed by atoms with Gasteiger partial charge in [0.1, 0.15) is 0 Å². The van der Waals surface area contributed by atoms with E-state index in [1.54, 1.807) is 0 Å². The molecule has 0 aromatic carbocycles. The van der Waals surface area contributed by atoms with Crippen molar-refractivity contribution in [1.82, 2.24) is 9.80 Å². The second-order valence-corrected chi connectivity index (χ2v) is 7.00. The third kappa shape index (κ3) is 3.17. The summed E-state index contributed by atoms with van der Waals surface area (Å²) in [6.45, 7) is 5.79. The fourth-order valence-corrected chi connectivity index (χ4v) is 3.89. The Kier molecular flexibility index (Phi) is 4.32. The van der Waals surface area contributed by atoms with Gasteiger partial charge in [-0.1, -0.05) is 6.92 Å². The van der Waals surface area contributed by atoms with Crippen LogP contribution in [0, 0.1) is 11.8 Å². The van der Waals surface area contributed by atoms with Crippen LogP contribution in [0.4, 0.5) is 0 Å². The van der Waals surface area contributed by atoms with E-state index in [0.29, 0.717) is 17.9 Å². The number of carbonyl (C=O) groups excluding carboxylic acids is 1. The highest BCUT2D eigenvalue weighted by atomic mass is 16.3. The summed E-state index contributed by atoms with van der Waals surface area (Å²) < 4.78 is 0. The maximum absolute atomic E-state index is 12.3. The molecule has 3 fully saturated rings. The third-order valence-corrected chi connectivity index (χ3v) is 5.50. The number of hydrogen-bond donors (Lipinski definition) is 1. The van der Waals surface area contributed by atoms with E-state index in [0.717, 1.165) is 57.8 Å². The fraction of sp³-hybridized carbons (Fsp3) is 0.938. The van der Waals surface area contributed by atoms with E-state index in [9.17, 15) is 9.90 Å². The van der Waals surface area contributed by atoms with Gasteiger partial charge >= 0.3 is 0 Å². The van der Waals surface area contributed by atoms with Gasteiger partial charge in [-0.15, -0.1) is 0 Å². The molecule has 2 saturated carbocycles. The van der Waals surface area contributed by atoms with Crippen molar-refractivity contribution in [1.29, 1.82) is 0 Å². The average molecular weight is 280 g/mol. The molecule has 3 aliphatic rings. The molecule has 0 radical (unpaired) electrons. The molecule has 4 nitrogen and oxygen atoms in total. The zero-order chi connectivity index (χ0) is 14.1. The van der Waals surface area contributed by atoms with Crippen molar-refractivity contribution in [2.24, 2.45) is 11.8 Å². The van der Waals surface area contributed by atoms with Gasteiger partial charge in [-0.3, -0.25) is 9.69 Å². The number of piperazine rings is 1. The Morgan fingerprint density at radius 1 is 1.15 bits per heavy atom. The van der Waals surface area contributed by atoms with Crippen molar-refractivity contribution in [3.63, 3.8) is 0 Å². The van der Waals surface area contributed by atoms with Crippen LogP contribution in [0.2, 0.25) is 0 Å². The predicted molar refractivity (Wildman–Crippen MR) is 78.3 cm³/mol. The Hall–Kier alpha value is -0.610. The van der Waals surface area contributed by atoms with E-state index >= 15 is 0 Å². The van der Waals surface area contributed by atoms with Crippen LogP contribution >= 0.6 is 0 Å². The van der Waals surface area contributed by atoms with E-state index in [-0.39, 0.29) is 6.10 Å². The zero-order valence-corrected chi connectivity index (χ0v) is 12.6. The normalized spacial score (nSPS) is 33.4. The maximum atomic E-state index is 12.3. The van der Waals surface area contributed by atoms with Gasteiger partial charge in [-0.25, -0.2) is 0 Å². The molecule has 114 valence electrons. The van der Waals surface area contributed by atoms with E-state index < -0.39 is 0 Å². The fourth-order valence-electron chi connectivity index (χ4n) is 3.89. The lowest BCUT2D eigenvalue weighted by Crippen LogP contribution is -2.53. The molecule has 0 unspecified atom stereocenters. The first-order chi connectivity index (χ1) is 9.65. The summed E-state index contributed by atoms with van der Waals surface area (Å²) in [5.74, 6) is 1.72. The minimum Gasteiger partial charge on any atom is -0.391 e. The zero-order valence-electron chi connectivity index (χ0n) is 12.6. The molecule has 20 heavy (non-hydrogen) atoms. The molecule has 0 aromatic rings. The second-order valence-electron chi connectivity index (χ2n) is 7.00. The summed E-state index contributed by atoms with van der Waals surface area (Å²) in [6, 6.07) is 0.345. The van der Waals surface area contributed by atoms with Crippen molar-refractivity contribution in [3.05, 3.63) is 0 Å². The molecule has 1 aliphatic heterocycles. The Labute approximate surface area is 122 Å². The van der Waals surface area contributed by atoms with Gasteiger partial charge in [-0.2, -0.15) is 0 Å². The number of aliphatic hydroxyl groups is 1. The van der Waals surface area contributed by atoms with Gasteiger partial charge in [0.2, 0.25) is 5.91 Å². The molecule has 0 aromatic heterocycles. The molecule has 3 rings (SSSR count). The van der Waals surface area contributed by atoms with Crippen LogP contribution in [-0.4, -0.2) is 59.1 Å². The molecule has 0 bridgehead atoms. The first kappa shape index (κ1) is 14.3. The summed E-state index contributed by atoms with van der Waals surface area (Å²) in [5.41, 5.74) is 0. The average Bonchev–Trinajstić information content (AvgIpc) is 3.21. The van der Waals surface area contributed by atoms with Gasteiger partial charge in [0.05, 0.1) is 6.10 Å². The number of aliphatic hydroxyl groups excluding tert-OH is 1. The minimum atomic E-state index is -0.146. The summed E-state index contributed by atoms with van der Waals surface area (Å²) in [5, 5.41) is 9.98. The Bertz CT molecular complexity index is 348. The van der Waals surface area contributed by atoms with Crippen LogP contribution in [0.1, 0.15) is 45.4 Å². The summed E-state index contributed by atoms with van der Waals surface area (Å²) in [7, 11) is 0. The second kappa shape index (κ2) is 6.02. The maximum Gasteiger partial charge on any atom is 0.222 e. The van der Waals surface area contributed by atoms with Gasteiger partial charge < -0.3 is 10.0 Å². The van der Waals surface area contributed by atoms with E-state index in [4.69, 9.17) is 0 Å². The van der Waals surface area contributed by atoms with Gasteiger partial charge in [0.25, 0.3) is 0 Å². The third-order valence-electron chi connectivity index (χ3n) is 5.50. The smallest absolute Gasteiger partial charge is 0.222 e. The van der Waals surface area contributed by atoms with Crippen LogP contribution < -0.4 is 0 Å². The van der Waals surface area contributed by atoms with Crippen LogP contribution in [0.25, 0.3) is 0 Å². The van der Waals surface area contributed by atoms with E-state index in [1.165, 1.54) is 12.8 Å². The Morgan fingerprint density at radius 2 is 1.85 bits per heavy atom. The highest BCUT2D eigenvalue weighted by molar-refractivity contribution is 5.76. The van der Waals surface area contributed by atoms with Crippen LogP contribution in [0.3, 0.4) is 0 Å². The first-order valence-corrected chi connectivity index (χ1v) is 8.35. The number of carbonyl (C=O) groups is 1. The van der Waals surface area contributed by atoms with Crippen molar-refractivity contribution in [2.45, 2.75) is 57.6 Å². The molecule has 3 atom stereocenters. The van der Waals surface area contributed by atoms with Crippen LogP contribution in [0.15, 0.2) is 0 Å². The molecule has 1 saturated heterocycles. The monoisotopic (exact) mass is 280 g/mol. The topological polar surface area (TPSA) is 43.8 Å². The number of hydrogen-bond acceptors (Lipinski definition) is 3. The quantitative estimate of drug-likeness (QED) is 0.848. The van der Waals surface area contributed by atoms with Crippen molar-refractivity contribution < 1.29 is 9.90 Å².